The topological polar surface area (TPSA) is 40.5 Å². The molecule has 1 aromatic carbocycles. The van der Waals surface area contributed by atoms with Crippen LogP contribution in [-0.4, -0.2) is 29.1 Å². The molecule has 0 atom stereocenters. The van der Waals surface area contributed by atoms with Gasteiger partial charge in [-0.2, -0.15) is 0 Å². The average Bonchev–Trinajstić information content (AvgIpc) is 2.13. The number of hydrogen-bond acceptors (Lipinski definition) is 2. The monoisotopic (exact) mass is 237 g/mol. The van der Waals surface area contributed by atoms with Gasteiger partial charge < -0.3 is 5.11 Å². The number of halogens is 1. The van der Waals surface area contributed by atoms with E-state index < -0.39 is 11.8 Å². The number of aromatic carboxylic acids is 1. The molecule has 3 nitrogen and oxygen atoms in total. The number of rotatable bonds is 4. The summed E-state index contributed by atoms with van der Waals surface area (Å²) in [6.45, 7) is 0.668. The van der Waals surface area contributed by atoms with E-state index in [1.54, 1.807) is 6.07 Å². The Bertz CT molecular complexity index is 429. The molecule has 17 heavy (non-hydrogen) atoms. The van der Waals surface area contributed by atoms with E-state index in [0.29, 0.717) is 12.6 Å². The molecule has 2 rings (SSSR count). The van der Waals surface area contributed by atoms with Gasteiger partial charge in [0.2, 0.25) is 0 Å². The van der Waals surface area contributed by atoms with Gasteiger partial charge in [-0.1, -0.05) is 12.5 Å². The fraction of sp³-hybridized carbons (Fsp3) is 0.462. The lowest BCUT2D eigenvalue weighted by Gasteiger charge is -2.34. The van der Waals surface area contributed by atoms with E-state index in [-0.39, 0.29) is 5.56 Å². The Balaban J connectivity index is 2.06. The average molecular weight is 237 g/mol. The van der Waals surface area contributed by atoms with Gasteiger partial charge >= 0.3 is 5.97 Å². The highest BCUT2D eigenvalue weighted by Gasteiger charge is 2.22. The van der Waals surface area contributed by atoms with Crippen LogP contribution in [0.15, 0.2) is 18.2 Å². The fourth-order valence-corrected chi connectivity index (χ4v) is 2.07. The highest BCUT2D eigenvalue weighted by atomic mass is 19.1. The van der Waals surface area contributed by atoms with Crippen molar-refractivity contribution in [1.29, 1.82) is 0 Å². The number of hydrogen-bond donors (Lipinski definition) is 1. The zero-order chi connectivity index (χ0) is 12.4. The first kappa shape index (κ1) is 12.0. The van der Waals surface area contributed by atoms with Crippen LogP contribution in [0.1, 0.15) is 35.2 Å². The molecular formula is C13H16FNO2. The molecule has 0 bridgehead atoms. The molecule has 1 aliphatic rings. The van der Waals surface area contributed by atoms with Gasteiger partial charge in [-0.3, -0.25) is 4.90 Å². The van der Waals surface area contributed by atoms with E-state index in [4.69, 9.17) is 5.11 Å². The molecule has 1 fully saturated rings. The molecule has 0 aromatic heterocycles. The highest BCUT2D eigenvalue weighted by Crippen LogP contribution is 2.25. The number of carboxylic acid groups (broad SMARTS) is 1. The van der Waals surface area contributed by atoms with Crippen molar-refractivity contribution < 1.29 is 14.3 Å². The smallest absolute Gasteiger partial charge is 0.338 e. The van der Waals surface area contributed by atoms with Crippen LogP contribution in [0.4, 0.5) is 4.39 Å². The second-order valence-corrected chi connectivity index (χ2v) is 4.62. The SMILES string of the molecule is CN(Cc1ccc(C(=O)O)c(F)c1)C1CCC1. The summed E-state index contributed by atoms with van der Waals surface area (Å²) in [5.74, 6) is -1.88. The first-order valence-corrected chi connectivity index (χ1v) is 5.80. The lowest BCUT2D eigenvalue weighted by Crippen LogP contribution is -2.36. The molecule has 92 valence electrons. The number of benzene rings is 1. The summed E-state index contributed by atoms with van der Waals surface area (Å²) in [6.07, 6.45) is 3.67. The summed E-state index contributed by atoms with van der Waals surface area (Å²) >= 11 is 0. The first-order chi connectivity index (χ1) is 8.08. The third kappa shape index (κ3) is 2.64. The summed E-state index contributed by atoms with van der Waals surface area (Å²) in [5, 5.41) is 8.72. The minimum atomic E-state index is -1.22. The van der Waals surface area contributed by atoms with Gasteiger partial charge in [0.05, 0.1) is 5.56 Å². The Morgan fingerprint density at radius 1 is 1.53 bits per heavy atom. The summed E-state index contributed by atoms with van der Waals surface area (Å²) in [4.78, 5) is 12.9. The van der Waals surface area contributed by atoms with Crippen molar-refractivity contribution >= 4 is 5.97 Å². The Morgan fingerprint density at radius 3 is 2.71 bits per heavy atom. The maximum atomic E-state index is 13.4. The van der Waals surface area contributed by atoms with Gasteiger partial charge in [0.1, 0.15) is 5.82 Å². The molecule has 0 aliphatic heterocycles. The quantitative estimate of drug-likeness (QED) is 0.874. The molecule has 1 saturated carbocycles. The van der Waals surface area contributed by atoms with E-state index in [9.17, 15) is 9.18 Å². The largest absolute Gasteiger partial charge is 0.478 e. The zero-order valence-electron chi connectivity index (χ0n) is 9.82. The summed E-state index contributed by atoms with van der Waals surface area (Å²) in [6, 6.07) is 4.93. The number of carboxylic acids is 1. The zero-order valence-corrected chi connectivity index (χ0v) is 9.82. The van der Waals surface area contributed by atoms with Crippen molar-refractivity contribution in [3.05, 3.63) is 35.1 Å². The minimum Gasteiger partial charge on any atom is -0.478 e. The van der Waals surface area contributed by atoms with Crippen molar-refractivity contribution in [3.63, 3.8) is 0 Å². The second-order valence-electron chi connectivity index (χ2n) is 4.62. The molecule has 1 N–H and O–H groups in total. The summed E-state index contributed by atoms with van der Waals surface area (Å²) < 4.78 is 13.4. The Hall–Kier alpha value is -1.42. The van der Waals surface area contributed by atoms with Crippen molar-refractivity contribution in [2.45, 2.75) is 31.8 Å². The lowest BCUT2D eigenvalue weighted by molar-refractivity contribution is 0.0692. The van der Waals surface area contributed by atoms with E-state index >= 15 is 0 Å². The van der Waals surface area contributed by atoms with Crippen LogP contribution >= 0.6 is 0 Å². The number of carbonyl (C=O) groups is 1. The Kier molecular flexibility index (Phi) is 3.43. The van der Waals surface area contributed by atoms with Crippen LogP contribution in [0, 0.1) is 5.82 Å². The normalized spacial score (nSPS) is 15.9. The van der Waals surface area contributed by atoms with Crippen LogP contribution in [0.25, 0.3) is 0 Å². The van der Waals surface area contributed by atoms with Gasteiger partial charge in [-0.25, -0.2) is 9.18 Å². The van der Waals surface area contributed by atoms with Crippen molar-refractivity contribution in [1.82, 2.24) is 4.90 Å². The van der Waals surface area contributed by atoms with E-state index in [0.717, 1.165) is 5.56 Å². The van der Waals surface area contributed by atoms with Crippen molar-refractivity contribution in [2.75, 3.05) is 7.05 Å². The molecule has 0 spiro atoms. The molecular weight excluding hydrogens is 221 g/mol. The fourth-order valence-electron chi connectivity index (χ4n) is 2.07. The highest BCUT2D eigenvalue weighted by molar-refractivity contribution is 5.87. The van der Waals surface area contributed by atoms with Gasteiger partial charge in [-0.15, -0.1) is 0 Å². The Labute approximate surface area is 99.9 Å². The van der Waals surface area contributed by atoms with Gasteiger partial charge in [0.15, 0.2) is 0 Å². The predicted octanol–water partition coefficient (Wildman–Crippen LogP) is 2.51. The summed E-state index contributed by atoms with van der Waals surface area (Å²) in [5.41, 5.74) is 0.557. The maximum Gasteiger partial charge on any atom is 0.338 e. The molecule has 4 heteroatoms. The Morgan fingerprint density at radius 2 is 2.24 bits per heavy atom. The van der Waals surface area contributed by atoms with Gasteiger partial charge in [0, 0.05) is 12.6 Å². The third-order valence-corrected chi connectivity index (χ3v) is 3.39. The van der Waals surface area contributed by atoms with Crippen LogP contribution in [0.3, 0.4) is 0 Å². The van der Waals surface area contributed by atoms with E-state index in [2.05, 4.69) is 4.90 Å². The molecule has 0 saturated heterocycles. The van der Waals surface area contributed by atoms with Gasteiger partial charge in [-0.05, 0) is 37.6 Å². The van der Waals surface area contributed by atoms with Crippen LogP contribution in [0.2, 0.25) is 0 Å². The first-order valence-electron chi connectivity index (χ1n) is 5.80. The van der Waals surface area contributed by atoms with Gasteiger partial charge in [0.25, 0.3) is 0 Å². The van der Waals surface area contributed by atoms with Crippen molar-refractivity contribution in [2.24, 2.45) is 0 Å². The molecule has 0 unspecified atom stereocenters. The minimum absolute atomic E-state index is 0.264. The van der Waals surface area contributed by atoms with E-state index in [1.807, 2.05) is 7.05 Å². The lowest BCUT2D eigenvalue weighted by atomic mass is 9.91. The standard InChI is InChI=1S/C13H16FNO2/c1-15(10-3-2-4-10)8-9-5-6-11(13(16)17)12(14)7-9/h5-7,10H,2-4,8H2,1H3,(H,16,17). The second kappa shape index (κ2) is 4.84. The number of nitrogens with zero attached hydrogens (tertiary/aromatic N) is 1. The van der Waals surface area contributed by atoms with E-state index in [1.165, 1.54) is 31.4 Å². The van der Waals surface area contributed by atoms with Crippen molar-refractivity contribution in [3.8, 4) is 0 Å². The molecule has 0 radical (unpaired) electrons. The molecule has 0 heterocycles. The molecule has 1 aliphatic carbocycles. The molecule has 0 amide bonds. The molecule has 1 aromatic rings. The third-order valence-electron chi connectivity index (χ3n) is 3.39. The summed E-state index contributed by atoms with van der Waals surface area (Å²) in [7, 11) is 2.02. The van der Waals surface area contributed by atoms with Crippen LogP contribution in [0.5, 0.6) is 0 Å². The predicted molar refractivity (Wildman–Crippen MR) is 62.5 cm³/mol. The van der Waals surface area contributed by atoms with Crippen LogP contribution < -0.4 is 0 Å². The van der Waals surface area contributed by atoms with Crippen LogP contribution in [-0.2, 0) is 6.54 Å². The maximum absolute atomic E-state index is 13.4.